The molecule has 1 N–H and O–H groups in total. The monoisotopic (exact) mass is 210 g/mol. The van der Waals surface area contributed by atoms with Gasteiger partial charge in [0.25, 0.3) is 0 Å². The van der Waals surface area contributed by atoms with Crippen molar-refractivity contribution in [2.45, 2.75) is 6.42 Å². The second-order valence-corrected chi connectivity index (χ2v) is 2.97. The Morgan fingerprint density at radius 1 is 1.60 bits per heavy atom. The van der Waals surface area contributed by atoms with Crippen LogP contribution < -0.4 is 4.74 Å². The first-order chi connectivity index (χ1) is 7.13. The summed E-state index contributed by atoms with van der Waals surface area (Å²) in [4.78, 5) is 10.4. The van der Waals surface area contributed by atoms with Gasteiger partial charge in [-0.05, 0) is 18.2 Å². The zero-order valence-electron chi connectivity index (χ0n) is 8.07. The summed E-state index contributed by atoms with van der Waals surface area (Å²) in [5.74, 6) is -0.563. The Balaban J connectivity index is 2.66. The molecule has 0 saturated heterocycles. The molecule has 3 nitrogen and oxygen atoms in total. The Bertz CT molecular complexity index is 374. The average Bonchev–Trinajstić information content (AvgIpc) is 2.20. The van der Waals surface area contributed by atoms with E-state index in [9.17, 15) is 9.18 Å². The molecule has 80 valence electrons. The van der Waals surface area contributed by atoms with E-state index in [2.05, 4.69) is 6.58 Å². The second kappa shape index (κ2) is 5.14. The van der Waals surface area contributed by atoms with E-state index in [1.54, 1.807) is 0 Å². The normalized spacial score (nSPS) is 9.67. The van der Waals surface area contributed by atoms with Crippen molar-refractivity contribution >= 4 is 6.29 Å². The van der Waals surface area contributed by atoms with Gasteiger partial charge < -0.3 is 9.84 Å². The number of carbonyl (C=O) groups is 1. The van der Waals surface area contributed by atoms with Crippen molar-refractivity contribution in [1.82, 2.24) is 0 Å². The van der Waals surface area contributed by atoms with Gasteiger partial charge in [-0.25, -0.2) is 4.39 Å². The predicted molar refractivity (Wildman–Crippen MR) is 53.7 cm³/mol. The van der Waals surface area contributed by atoms with E-state index in [4.69, 9.17) is 9.84 Å². The Hall–Kier alpha value is -1.84. The van der Waals surface area contributed by atoms with E-state index < -0.39 is 5.82 Å². The molecule has 0 heterocycles. The predicted octanol–water partition coefficient (Wildman–Crippen LogP) is 2.48. The van der Waals surface area contributed by atoms with Crippen LogP contribution in [0.15, 0.2) is 30.5 Å². The molecule has 0 bridgehead atoms. The summed E-state index contributed by atoms with van der Waals surface area (Å²) in [7, 11) is 0. The fourth-order valence-corrected chi connectivity index (χ4v) is 0.983. The zero-order chi connectivity index (χ0) is 11.3. The van der Waals surface area contributed by atoms with E-state index >= 15 is 0 Å². The molecule has 1 rings (SSSR count). The molecule has 0 radical (unpaired) electrons. The highest BCUT2D eigenvalue weighted by atomic mass is 19.1. The van der Waals surface area contributed by atoms with Gasteiger partial charge in [-0.2, -0.15) is 0 Å². The molecule has 0 fully saturated rings. The van der Waals surface area contributed by atoms with Gasteiger partial charge in [0.15, 0.2) is 11.6 Å². The van der Waals surface area contributed by atoms with Gasteiger partial charge in [-0.3, -0.25) is 4.79 Å². The van der Waals surface area contributed by atoms with Gasteiger partial charge in [-0.1, -0.05) is 6.58 Å². The van der Waals surface area contributed by atoms with Crippen LogP contribution in [-0.2, 0) is 0 Å². The minimum atomic E-state index is -0.538. The highest BCUT2D eigenvalue weighted by Gasteiger charge is 2.04. The van der Waals surface area contributed by atoms with Crippen LogP contribution in [0.3, 0.4) is 0 Å². The summed E-state index contributed by atoms with van der Waals surface area (Å²) in [6.45, 7) is 3.39. The van der Waals surface area contributed by atoms with E-state index in [-0.39, 0.29) is 24.5 Å². The quantitative estimate of drug-likeness (QED) is 0.599. The largest absolute Gasteiger partial charge is 0.513 e. The van der Waals surface area contributed by atoms with Crippen molar-refractivity contribution in [2.24, 2.45) is 0 Å². The Morgan fingerprint density at radius 3 is 2.93 bits per heavy atom. The lowest BCUT2D eigenvalue weighted by atomic mass is 10.2. The smallest absolute Gasteiger partial charge is 0.165 e. The minimum absolute atomic E-state index is 0.000787. The van der Waals surface area contributed by atoms with Gasteiger partial charge in [0.1, 0.15) is 6.29 Å². The fourth-order valence-electron chi connectivity index (χ4n) is 0.983. The minimum Gasteiger partial charge on any atom is -0.513 e. The van der Waals surface area contributed by atoms with E-state index in [0.29, 0.717) is 11.8 Å². The molecule has 0 unspecified atom stereocenters. The SMILES string of the molecule is C=C(O)CCOc1cc(C=O)ccc1F. The van der Waals surface area contributed by atoms with Crippen molar-refractivity contribution in [3.8, 4) is 5.75 Å². The molecule has 0 saturated carbocycles. The van der Waals surface area contributed by atoms with E-state index in [1.807, 2.05) is 0 Å². The highest BCUT2D eigenvalue weighted by molar-refractivity contribution is 5.75. The molecule has 0 aromatic heterocycles. The van der Waals surface area contributed by atoms with Crippen molar-refractivity contribution in [2.75, 3.05) is 6.61 Å². The van der Waals surface area contributed by atoms with Crippen molar-refractivity contribution in [1.29, 1.82) is 0 Å². The van der Waals surface area contributed by atoms with Crippen LogP contribution in [0.4, 0.5) is 4.39 Å². The zero-order valence-corrected chi connectivity index (χ0v) is 8.07. The van der Waals surface area contributed by atoms with Gasteiger partial charge >= 0.3 is 0 Å². The van der Waals surface area contributed by atoms with Crippen LogP contribution in [0, 0.1) is 5.82 Å². The average molecular weight is 210 g/mol. The molecule has 4 heteroatoms. The summed E-state index contributed by atoms with van der Waals surface area (Å²) in [6, 6.07) is 3.83. The lowest BCUT2D eigenvalue weighted by molar-refractivity contribution is 0.112. The van der Waals surface area contributed by atoms with Crippen LogP contribution in [-0.4, -0.2) is 18.0 Å². The Morgan fingerprint density at radius 2 is 2.33 bits per heavy atom. The number of carbonyl (C=O) groups excluding carboxylic acids is 1. The van der Waals surface area contributed by atoms with Crippen molar-refractivity contribution < 1.29 is 19.0 Å². The lowest BCUT2D eigenvalue weighted by Crippen LogP contribution is -2.00. The number of hydrogen-bond acceptors (Lipinski definition) is 3. The van der Waals surface area contributed by atoms with Crippen molar-refractivity contribution in [3.63, 3.8) is 0 Å². The molecule has 0 amide bonds. The third kappa shape index (κ3) is 3.42. The standard InChI is InChI=1S/C11H11FO3/c1-8(14)4-5-15-11-6-9(7-13)2-3-10(11)12/h2-3,6-7,14H,1,4-5H2. The number of benzene rings is 1. The third-order valence-corrected chi connectivity index (χ3v) is 1.74. The fraction of sp³-hybridized carbons (Fsp3) is 0.182. The molecular weight excluding hydrogens is 199 g/mol. The topological polar surface area (TPSA) is 46.5 Å². The lowest BCUT2D eigenvalue weighted by Gasteiger charge is -2.06. The van der Waals surface area contributed by atoms with E-state index in [1.165, 1.54) is 12.1 Å². The summed E-state index contributed by atoms with van der Waals surface area (Å²) in [5.41, 5.74) is 0.342. The number of halogens is 1. The number of aldehydes is 1. The van der Waals surface area contributed by atoms with Gasteiger partial charge in [0.05, 0.1) is 12.4 Å². The number of ether oxygens (including phenoxy) is 1. The van der Waals surface area contributed by atoms with Crippen LogP contribution in [0.25, 0.3) is 0 Å². The van der Waals surface area contributed by atoms with Crippen LogP contribution in [0.2, 0.25) is 0 Å². The molecule has 1 aromatic carbocycles. The van der Waals surface area contributed by atoms with Gasteiger partial charge in [0, 0.05) is 12.0 Å². The molecule has 0 aliphatic heterocycles. The Labute approximate surface area is 86.8 Å². The number of aliphatic hydroxyl groups is 1. The number of hydrogen-bond donors (Lipinski definition) is 1. The summed E-state index contributed by atoms with van der Waals surface area (Å²) in [6.07, 6.45) is 0.835. The second-order valence-electron chi connectivity index (χ2n) is 2.97. The molecule has 0 spiro atoms. The van der Waals surface area contributed by atoms with E-state index in [0.717, 1.165) is 6.07 Å². The first-order valence-electron chi connectivity index (χ1n) is 4.37. The maximum Gasteiger partial charge on any atom is 0.165 e. The Kier molecular flexibility index (Phi) is 3.85. The summed E-state index contributed by atoms with van der Waals surface area (Å²) < 4.78 is 18.1. The highest BCUT2D eigenvalue weighted by Crippen LogP contribution is 2.18. The summed E-state index contributed by atoms with van der Waals surface area (Å²) >= 11 is 0. The van der Waals surface area contributed by atoms with Crippen LogP contribution in [0.5, 0.6) is 5.75 Å². The molecule has 0 aliphatic carbocycles. The van der Waals surface area contributed by atoms with Gasteiger partial charge in [0.2, 0.25) is 0 Å². The first-order valence-corrected chi connectivity index (χ1v) is 4.37. The molecule has 0 aliphatic rings. The molecular formula is C11H11FO3. The number of aliphatic hydroxyl groups excluding tert-OH is 1. The molecule has 1 aromatic rings. The third-order valence-electron chi connectivity index (χ3n) is 1.74. The van der Waals surface area contributed by atoms with Gasteiger partial charge in [-0.15, -0.1) is 0 Å². The number of rotatable bonds is 5. The maximum atomic E-state index is 13.1. The maximum absolute atomic E-state index is 13.1. The van der Waals surface area contributed by atoms with Crippen molar-refractivity contribution in [3.05, 3.63) is 41.9 Å². The molecule has 15 heavy (non-hydrogen) atoms. The first kappa shape index (κ1) is 11.2. The molecule has 0 atom stereocenters. The van der Waals surface area contributed by atoms with Crippen LogP contribution >= 0.6 is 0 Å². The summed E-state index contributed by atoms with van der Waals surface area (Å²) in [5, 5.41) is 8.78. The van der Waals surface area contributed by atoms with Crippen LogP contribution in [0.1, 0.15) is 16.8 Å².